The molecule has 0 bridgehead atoms. The first-order chi connectivity index (χ1) is 14.8. The van der Waals surface area contributed by atoms with Gasteiger partial charge in [-0.2, -0.15) is 0 Å². The Morgan fingerprint density at radius 1 is 0.406 bits per heavy atom. The van der Waals surface area contributed by atoms with Gasteiger partial charge in [0.2, 0.25) is 0 Å². The molecule has 0 spiro atoms. The van der Waals surface area contributed by atoms with E-state index < -0.39 is 46.9 Å². The van der Waals surface area contributed by atoms with Crippen molar-refractivity contribution in [3.63, 3.8) is 0 Å². The Morgan fingerprint density at radius 2 is 0.688 bits per heavy atom. The van der Waals surface area contributed by atoms with Gasteiger partial charge in [0.05, 0.1) is 0 Å². The van der Waals surface area contributed by atoms with Crippen LogP contribution in [0.4, 0.5) is 39.5 Å². The molecular weight excluding hydrogens is 466 g/mol. The van der Waals surface area contributed by atoms with E-state index in [1.807, 2.05) is 0 Å². The predicted molar refractivity (Wildman–Crippen MR) is 107 cm³/mol. The number of hydrogen-bond donors (Lipinski definition) is 0. The summed E-state index contributed by atoms with van der Waals surface area (Å²) in [5.74, 6) is -13.7. The van der Waals surface area contributed by atoms with Gasteiger partial charge < -0.3 is 0 Å². The van der Waals surface area contributed by atoms with Crippen molar-refractivity contribution in [1.82, 2.24) is 0 Å². The third-order valence-corrected chi connectivity index (χ3v) is 10.1. The number of benzene rings is 3. The summed E-state index contributed by atoms with van der Waals surface area (Å²) in [6.07, 6.45) is -6.90. The molecule has 0 aliphatic carbocycles. The van der Waals surface area contributed by atoms with Crippen molar-refractivity contribution < 1.29 is 39.5 Å². The summed E-state index contributed by atoms with van der Waals surface area (Å²) in [5, 5.41) is -1.33. The fraction of sp³-hybridized carbons (Fsp3) is 0.182. The summed E-state index contributed by atoms with van der Waals surface area (Å²) in [7, 11) is -5.54. The van der Waals surface area contributed by atoms with E-state index in [1.165, 1.54) is 54.6 Å². The average molecular weight is 482 g/mol. The fourth-order valence-electron chi connectivity index (χ4n) is 3.72. The normalized spacial score (nSPS) is 14.3. The number of rotatable bonds is 6. The fourth-order valence-corrected chi connectivity index (χ4v) is 8.51. The first-order valence-electron chi connectivity index (χ1n) is 9.18. The van der Waals surface area contributed by atoms with Crippen molar-refractivity contribution in [1.29, 1.82) is 0 Å². The van der Waals surface area contributed by atoms with E-state index in [2.05, 4.69) is 0 Å². The maximum atomic E-state index is 15.9. The van der Waals surface area contributed by atoms with E-state index in [0.29, 0.717) is 0 Å². The van der Waals surface area contributed by atoms with Crippen LogP contribution in [0, 0.1) is 0 Å². The number of alkyl halides is 9. The molecule has 0 saturated heterocycles. The molecule has 0 heterocycles. The molecule has 32 heavy (non-hydrogen) atoms. The van der Waals surface area contributed by atoms with Gasteiger partial charge in [-0.05, 0) is 0 Å². The van der Waals surface area contributed by atoms with Gasteiger partial charge in [0.25, 0.3) is 0 Å². The van der Waals surface area contributed by atoms with Crippen LogP contribution >= 0.6 is 7.26 Å². The third kappa shape index (κ3) is 3.38. The van der Waals surface area contributed by atoms with Crippen molar-refractivity contribution in [2.75, 3.05) is 0 Å². The quantitative estimate of drug-likeness (QED) is 0.293. The van der Waals surface area contributed by atoms with Crippen LogP contribution in [0.15, 0.2) is 91.0 Å². The SMILES string of the molecule is FC(F)(F)C(F)(F)C(F)(F)C(F)(F)[PH](c1ccccc1)(c1ccccc1)c1ccccc1. The molecule has 0 aromatic heterocycles. The molecule has 3 aromatic rings. The second kappa shape index (κ2) is 8.10. The van der Waals surface area contributed by atoms with Crippen molar-refractivity contribution in [3.8, 4) is 0 Å². The van der Waals surface area contributed by atoms with Crippen molar-refractivity contribution in [2.24, 2.45) is 0 Å². The molecule has 10 heteroatoms. The molecule has 172 valence electrons. The van der Waals surface area contributed by atoms with Crippen molar-refractivity contribution >= 4 is 23.2 Å². The molecule has 0 aliphatic rings. The van der Waals surface area contributed by atoms with E-state index in [9.17, 15) is 30.7 Å². The van der Waals surface area contributed by atoms with Crippen LogP contribution in [0.5, 0.6) is 0 Å². The van der Waals surface area contributed by atoms with Gasteiger partial charge >= 0.3 is 177 Å². The zero-order valence-electron chi connectivity index (χ0n) is 16.1. The summed E-state index contributed by atoms with van der Waals surface area (Å²) in [4.78, 5) is 0. The molecule has 0 unspecified atom stereocenters. The van der Waals surface area contributed by atoms with E-state index in [1.54, 1.807) is 0 Å². The molecule has 0 amide bonds. The molecule has 0 N–H and O–H groups in total. The summed E-state index contributed by atoms with van der Waals surface area (Å²) < 4.78 is 128. The standard InChI is InChI=1S/C22H16F9P/c23-19(24,21(27,28)29)20(25,26)22(30,31)32(16-10-4-1-5-11-16,17-12-6-2-7-13-17)18-14-8-3-9-15-18/h1-15,32H. The van der Waals surface area contributed by atoms with Gasteiger partial charge in [0.15, 0.2) is 0 Å². The summed E-state index contributed by atoms with van der Waals surface area (Å²) in [5.41, 5.74) is -5.80. The summed E-state index contributed by atoms with van der Waals surface area (Å²) in [6.45, 7) is 0. The molecule has 0 nitrogen and oxygen atoms in total. The van der Waals surface area contributed by atoms with Gasteiger partial charge in [0, 0.05) is 0 Å². The maximum absolute atomic E-state index is 15.9. The number of hydrogen-bond acceptors (Lipinski definition) is 0. The topological polar surface area (TPSA) is 0 Å². The molecular formula is C22H16F9P. The van der Waals surface area contributed by atoms with Gasteiger partial charge in [-0.1, -0.05) is 0 Å². The summed E-state index contributed by atoms with van der Waals surface area (Å²) in [6, 6.07) is 17.8. The third-order valence-electron chi connectivity index (χ3n) is 5.24. The van der Waals surface area contributed by atoms with Gasteiger partial charge in [-0.25, -0.2) is 0 Å². The summed E-state index contributed by atoms with van der Waals surface area (Å²) >= 11 is 0. The molecule has 3 aromatic carbocycles. The van der Waals surface area contributed by atoms with Crippen LogP contribution in [0.25, 0.3) is 0 Å². The average Bonchev–Trinajstić information content (AvgIpc) is 2.75. The van der Waals surface area contributed by atoms with Crippen LogP contribution in [-0.2, 0) is 0 Å². The van der Waals surface area contributed by atoms with Crippen LogP contribution in [0.1, 0.15) is 0 Å². The second-order valence-corrected chi connectivity index (χ2v) is 10.9. The monoisotopic (exact) mass is 482 g/mol. The minimum absolute atomic E-state index is 0.444. The van der Waals surface area contributed by atoms with E-state index in [0.717, 1.165) is 36.4 Å². The van der Waals surface area contributed by atoms with E-state index in [4.69, 9.17) is 0 Å². The van der Waals surface area contributed by atoms with Crippen LogP contribution in [0.2, 0.25) is 0 Å². The second-order valence-electron chi connectivity index (χ2n) is 7.07. The predicted octanol–water partition coefficient (Wildman–Crippen LogP) is 6.14. The first kappa shape index (κ1) is 24.1. The van der Waals surface area contributed by atoms with Gasteiger partial charge in [0.1, 0.15) is 0 Å². The molecule has 0 radical (unpaired) electrons. The zero-order valence-corrected chi connectivity index (χ0v) is 17.1. The van der Waals surface area contributed by atoms with Crippen LogP contribution in [-0.4, -0.2) is 23.7 Å². The minimum atomic E-state index is -6.99. The number of halogens is 9. The molecule has 0 aliphatic heterocycles. The van der Waals surface area contributed by atoms with Crippen molar-refractivity contribution in [3.05, 3.63) is 91.0 Å². The Labute approximate surface area is 178 Å². The Bertz CT molecular complexity index is 937. The molecule has 0 atom stereocenters. The van der Waals surface area contributed by atoms with Gasteiger partial charge in [-0.15, -0.1) is 0 Å². The Balaban J connectivity index is 2.50. The molecule has 0 saturated carbocycles. The molecule has 3 rings (SSSR count). The first-order valence-corrected chi connectivity index (χ1v) is 11.2. The van der Waals surface area contributed by atoms with Crippen LogP contribution in [0.3, 0.4) is 0 Å². The molecule has 0 fully saturated rings. The Morgan fingerprint density at radius 3 is 0.938 bits per heavy atom. The zero-order chi connectivity index (χ0) is 23.8. The Hall–Kier alpha value is -2.54. The van der Waals surface area contributed by atoms with E-state index >= 15 is 8.78 Å². The van der Waals surface area contributed by atoms with E-state index in [-0.39, 0.29) is 0 Å². The van der Waals surface area contributed by atoms with Crippen LogP contribution < -0.4 is 15.9 Å². The van der Waals surface area contributed by atoms with Gasteiger partial charge in [-0.3, -0.25) is 0 Å². The van der Waals surface area contributed by atoms with Crippen molar-refractivity contribution in [2.45, 2.75) is 23.7 Å². The Kier molecular flexibility index (Phi) is 6.11.